The van der Waals surface area contributed by atoms with E-state index in [1.165, 1.54) is 28.9 Å². The molecule has 9 heteroatoms. The molecular formula is C19H20F5N3O. The number of carbonyl (C=O) groups is 1. The van der Waals surface area contributed by atoms with Gasteiger partial charge in [-0.25, -0.2) is 8.78 Å². The van der Waals surface area contributed by atoms with E-state index >= 15 is 0 Å². The van der Waals surface area contributed by atoms with Crippen molar-refractivity contribution in [3.63, 3.8) is 0 Å². The summed E-state index contributed by atoms with van der Waals surface area (Å²) in [6.45, 7) is 1.29. The second-order valence-corrected chi connectivity index (χ2v) is 6.40. The van der Waals surface area contributed by atoms with Gasteiger partial charge in [0, 0.05) is 31.3 Å². The number of unbranched alkanes of at least 4 members (excludes halogenated alkanes) is 1. The number of anilines is 1. The summed E-state index contributed by atoms with van der Waals surface area (Å²) in [5, 5.41) is 6.53. The maximum Gasteiger partial charge on any atom is 0.416 e. The predicted octanol–water partition coefficient (Wildman–Crippen LogP) is 5.38. The molecule has 0 aliphatic heterocycles. The Kier molecular flexibility index (Phi) is 6.93. The third-order valence-electron chi connectivity index (χ3n) is 3.83. The molecule has 152 valence electrons. The van der Waals surface area contributed by atoms with Gasteiger partial charge in [0.05, 0.1) is 5.56 Å². The van der Waals surface area contributed by atoms with E-state index in [0.717, 1.165) is 25.1 Å². The molecule has 2 aromatic rings. The summed E-state index contributed by atoms with van der Waals surface area (Å²) >= 11 is 0. The second-order valence-electron chi connectivity index (χ2n) is 6.40. The Hall–Kier alpha value is -2.71. The number of carbonyl (C=O) groups excluding carboxylic acids is 1. The van der Waals surface area contributed by atoms with E-state index in [-0.39, 0.29) is 17.8 Å². The molecule has 0 atom stereocenters. The molecule has 0 bridgehead atoms. The average molecular weight is 401 g/mol. The minimum atomic E-state index is -4.52. The first-order chi connectivity index (χ1) is 13.0. The molecule has 0 aliphatic carbocycles. The van der Waals surface area contributed by atoms with Crippen LogP contribution in [0.4, 0.5) is 27.8 Å². The van der Waals surface area contributed by atoms with E-state index in [1.54, 1.807) is 6.20 Å². The number of aryl methyl sites for hydroxylation is 1. The number of nitrogens with one attached hydrogen (secondary N) is 1. The first-order valence-corrected chi connectivity index (χ1v) is 8.61. The molecular weight excluding hydrogens is 381 g/mol. The van der Waals surface area contributed by atoms with Crippen LogP contribution in [-0.2, 0) is 17.5 Å². The molecule has 0 radical (unpaired) electrons. The van der Waals surface area contributed by atoms with Crippen LogP contribution in [-0.4, -0.2) is 21.6 Å². The lowest BCUT2D eigenvalue weighted by molar-refractivity contribution is -0.137. The molecule has 0 unspecified atom stereocenters. The third kappa shape index (κ3) is 7.13. The van der Waals surface area contributed by atoms with Gasteiger partial charge in [0.2, 0.25) is 11.8 Å². The lowest BCUT2D eigenvalue weighted by Gasteiger charge is -2.09. The van der Waals surface area contributed by atoms with Gasteiger partial charge in [-0.2, -0.15) is 18.3 Å². The number of hydrogen-bond donors (Lipinski definition) is 1. The summed E-state index contributed by atoms with van der Waals surface area (Å²) in [7, 11) is 0. The summed E-state index contributed by atoms with van der Waals surface area (Å²) in [6, 6.07) is 6.44. The summed E-state index contributed by atoms with van der Waals surface area (Å²) in [6.07, 6.45) is -0.214. The van der Waals surface area contributed by atoms with Gasteiger partial charge in [-0.15, -0.1) is 0 Å². The summed E-state index contributed by atoms with van der Waals surface area (Å²) in [4.78, 5) is 11.9. The molecule has 28 heavy (non-hydrogen) atoms. The fourth-order valence-electron chi connectivity index (χ4n) is 2.50. The van der Waals surface area contributed by atoms with Crippen LogP contribution in [0.5, 0.6) is 0 Å². The van der Waals surface area contributed by atoms with Crippen LogP contribution in [0.3, 0.4) is 0 Å². The number of alkyl halides is 5. The maximum absolute atomic E-state index is 12.9. The molecule has 0 aliphatic rings. The van der Waals surface area contributed by atoms with Crippen LogP contribution in [0.2, 0.25) is 0 Å². The van der Waals surface area contributed by atoms with Crippen LogP contribution < -0.4 is 5.32 Å². The molecule has 0 saturated heterocycles. The normalized spacial score (nSPS) is 12.5. The predicted molar refractivity (Wildman–Crippen MR) is 95.8 cm³/mol. The van der Waals surface area contributed by atoms with E-state index in [0.29, 0.717) is 19.4 Å². The third-order valence-corrected chi connectivity index (χ3v) is 3.83. The smallest absolute Gasteiger partial charge is 0.306 e. The van der Waals surface area contributed by atoms with Gasteiger partial charge in [0.25, 0.3) is 0 Å². The molecule has 1 aromatic heterocycles. The van der Waals surface area contributed by atoms with Crippen LogP contribution >= 0.6 is 0 Å². The Labute approximate surface area is 159 Å². The molecule has 0 spiro atoms. The van der Waals surface area contributed by atoms with Crippen LogP contribution in [0.15, 0.2) is 42.6 Å². The van der Waals surface area contributed by atoms with Crippen molar-refractivity contribution in [2.24, 2.45) is 0 Å². The molecule has 2 rings (SSSR count). The van der Waals surface area contributed by atoms with Crippen molar-refractivity contribution in [1.29, 1.82) is 0 Å². The molecule has 1 heterocycles. The Bertz CT molecular complexity index is 821. The van der Waals surface area contributed by atoms with Gasteiger partial charge >= 0.3 is 6.18 Å². The Morgan fingerprint density at radius 3 is 2.54 bits per heavy atom. The quantitative estimate of drug-likeness (QED) is 0.367. The van der Waals surface area contributed by atoms with Crippen LogP contribution in [0.1, 0.15) is 37.3 Å². The number of hydrogen-bond acceptors (Lipinski definition) is 2. The maximum atomic E-state index is 12.9. The monoisotopic (exact) mass is 401 g/mol. The van der Waals surface area contributed by atoms with Crippen LogP contribution in [0, 0.1) is 0 Å². The summed E-state index contributed by atoms with van der Waals surface area (Å²) < 4.78 is 65.8. The van der Waals surface area contributed by atoms with E-state index in [1.807, 2.05) is 0 Å². The Balaban J connectivity index is 1.89. The standard InChI is InChI=1S/C19H20F5N3O/c1-18(20,21)11-4-5-12-27-13-10-16(26-27)25-17(28)9-8-14-6-2-3-7-15(14)19(22,23)24/h2-3,6-10,13H,4-5,11-12H2,1H3,(H,25,26,28)/b9-8+. The van der Waals surface area contributed by atoms with Crippen molar-refractivity contribution in [2.45, 2.75) is 44.8 Å². The van der Waals surface area contributed by atoms with Gasteiger partial charge < -0.3 is 5.32 Å². The van der Waals surface area contributed by atoms with Crippen molar-refractivity contribution in [3.8, 4) is 0 Å². The molecule has 1 aromatic carbocycles. The van der Waals surface area contributed by atoms with Gasteiger partial charge in [-0.3, -0.25) is 9.48 Å². The number of amides is 1. The van der Waals surface area contributed by atoms with Gasteiger partial charge in [0.1, 0.15) is 0 Å². The number of aromatic nitrogens is 2. The highest BCUT2D eigenvalue weighted by Gasteiger charge is 2.32. The zero-order valence-electron chi connectivity index (χ0n) is 15.1. The molecule has 0 saturated carbocycles. The zero-order chi connectivity index (χ0) is 20.8. The molecule has 4 nitrogen and oxygen atoms in total. The molecule has 0 fully saturated rings. The lowest BCUT2D eigenvalue weighted by atomic mass is 10.1. The minimum Gasteiger partial charge on any atom is -0.306 e. The summed E-state index contributed by atoms with van der Waals surface area (Å²) in [5.74, 6) is -3.10. The zero-order valence-corrected chi connectivity index (χ0v) is 15.1. The molecule has 1 N–H and O–H groups in total. The van der Waals surface area contributed by atoms with Crippen molar-refractivity contribution in [3.05, 3.63) is 53.7 Å². The Morgan fingerprint density at radius 2 is 1.86 bits per heavy atom. The van der Waals surface area contributed by atoms with Crippen molar-refractivity contribution in [2.75, 3.05) is 5.32 Å². The second kappa shape index (κ2) is 8.99. The van der Waals surface area contributed by atoms with Gasteiger partial charge in [-0.05, 0) is 37.5 Å². The van der Waals surface area contributed by atoms with Crippen molar-refractivity contribution < 1.29 is 26.7 Å². The van der Waals surface area contributed by atoms with E-state index in [2.05, 4.69) is 10.4 Å². The topological polar surface area (TPSA) is 46.9 Å². The van der Waals surface area contributed by atoms with Crippen molar-refractivity contribution in [1.82, 2.24) is 9.78 Å². The first-order valence-electron chi connectivity index (χ1n) is 8.61. The summed E-state index contributed by atoms with van der Waals surface area (Å²) in [5.41, 5.74) is -0.954. The van der Waals surface area contributed by atoms with E-state index in [9.17, 15) is 26.7 Å². The fraction of sp³-hybridized carbons (Fsp3) is 0.368. The largest absolute Gasteiger partial charge is 0.416 e. The minimum absolute atomic E-state index is 0.122. The number of nitrogens with zero attached hydrogens (tertiary/aromatic N) is 2. The van der Waals surface area contributed by atoms with Crippen LogP contribution in [0.25, 0.3) is 6.08 Å². The highest BCUT2D eigenvalue weighted by molar-refractivity contribution is 6.01. The number of benzene rings is 1. The highest BCUT2D eigenvalue weighted by atomic mass is 19.4. The SMILES string of the molecule is CC(F)(F)CCCCn1ccc(NC(=O)/C=C/c2ccccc2C(F)(F)F)n1. The van der Waals surface area contributed by atoms with Crippen molar-refractivity contribution >= 4 is 17.8 Å². The lowest BCUT2D eigenvalue weighted by Crippen LogP contribution is -2.11. The van der Waals surface area contributed by atoms with E-state index < -0.39 is 23.6 Å². The van der Waals surface area contributed by atoms with Gasteiger partial charge in [-0.1, -0.05) is 18.2 Å². The Morgan fingerprint density at radius 1 is 1.14 bits per heavy atom. The number of halogens is 5. The van der Waals surface area contributed by atoms with Gasteiger partial charge in [0.15, 0.2) is 5.82 Å². The fourth-order valence-corrected chi connectivity index (χ4v) is 2.50. The van der Waals surface area contributed by atoms with E-state index in [4.69, 9.17) is 0 Å². The number of rotatable bonds is 8. The first kappa shape index (κ1) is 21.6. The highest BCUT2D eigenvalue weighted by Crippen LogP contribution is 2.32. The average Bonchev–Trinajstić information content (AvgIpc) is 3.03. The molecule has 1 amide bonds.